The molecular weight excluding hydrogens is 384 g/mol. The summed E-state index contributed by atoms with van der Waals surface area (Å²) in [6.07, 6.45) is 0. The summed E-state index contributed by atoms with van der Waals surface area (Å²) in [5.41, 5.74) is 2.96. The molecule has 0 aliphatic carbocycles. The Labute approximate surface area is 177 Å². The quantitative estimate of drug-likeness (QED) is 0.536. The standard InChI is InChI=1S/C23H26N2O3S/c1-5-25-15(3)19(21(26)16-11-8-7-9-12-16)20(24-23(25)29)17-13-10-14-18(27-4)22(17)28-6-2/h7-14,20H,5-6H2,1-4H3,(H,24,29). The van der Waals surface area contributed by atoms with Gasteiger partial charge in [0, 0.05) is 28.9 Å². The summed E-state index contributed by atoms with van der Waals surface area (Å²) in [6.45, 7) is 7.04. The molecule has 6 heteroatoms. The fourth-order valence-electron chi connectivity index (χ4n) is 3.65. The first-order valence-electron chi connectivity index (χ1n) is 9.71. The van der Waals surface area contributed by atoms with E-state index in [1.807, 2.05) is 74.2 Å². The van der Waals surface area contributed by atoms with Crippen LogP contribution in [0.5, 0.6) is 11.5 Å². The van der Waals surface area contributed by atoms with Gasteiger partial charge in [0.2, 0.25) is 0 Å². The zero-order valence-electron chi connectivity index (χ0n) is 17.2. The number of para-hydroxylation sites is 1. The molecule has 1 aliphatic heterocycles. The predicted molar refractivity (Wildman–Crippen MR) is 118 cm³/mol. The lowest BCUT2D eigenvalue weighted by Crippen LogP contribution is -2.47. The lowest BCUT2D eigenvalue weighted by Gasteiger charge is -2.38. The number of hydrogen-bond acceptors (Lipinski definition) is 4. The van der Waals surface area contributed by atoms with Crippen molar-refractivity contribution in [2.75, 3.05) is 20.3 Å². The Kier molecular flexibility index (Phi) is 6.54. The van der Waals surface area contributed by atoms with Crippen molar-refractivity contribution < 1.29 is 14.3 Å². The molecule has 2 aromatic carbocycles. The van der Waals surface area contributed by atoms with Gasteiger partial charge in [-0.2, -0.15) is 0 Å². The third-order valence-corrected chi connectivity index (χ3v) is 5.36. The van der Waals surface area contributed by atoms with Gasteiger partial charge in [-0.1, -0.05) is 42.5 Å². The van der Waals surface area contributed by atoms with Crippen molar-refractivity contribution in [3.8, 4) is 11.5 Å². The van der Waals surface area contributed by atoms with Gasteiger partial charge in [0.15, 0.2) is 22.4 Å². The van der Waals surface area contributed by atoms with Gasteiger partial charge in [0.1, 0.15) is 0 Å². The minimum atomic E-state index is -0.436. The molecule has 0 bridgehead atoms. The normalized spacial score (nSPS) is 16.5. The number of Topliss-reactive ketones (excluding diaryl/α,β-unsaturated/α-hetero) is 1. The molecule has 29 heavy (non-hydrogen) atoms. The van der Waals surface area contributed by atoms with Crippen molar-refractivity contribution in [1.29, 1.82) is 0 Å². The van der Waals surface area contributed by atoms with Crippen LogP contribution in [0.2, 0.25) is 0 Å². The first-order valence-corrected chi connectivity index (χ1v) is 10.1. The van der Waals surface area contributed by atoms with Gasteiger partial charge in [-0.15, -0.1) is 0 Å². The van der Waals surface area contributed by atoms with E-state index >= 15 is 0 Å². The van der Waals surface area contributed by atoms with Crippen LogP contribution in [0.4, 0.5) is 0 Å². The van der Waals surface area contributed by atoms with Gasteiger partial charge in [-0.05, 0) is 39.1 Å². The molecular formula is C23H26N2O3S. The monoisotopic (exact) mass is 410 g/mol. The van der Waals surface area contributed by atoms with Gasteiger partial charge in [-0.25, -0.2) is 0 Å². The molecule has 0 saturated carbocycles. The van der Waals surface area contributed by atoms with E-state index in [2.05, 4.69) is 5.32 Å². The molecule has 0 amide bonds. The summed E-state index contributed by atoms with van der Waals surface area (Å²) in [5.74, 6) is 1.21. The lowest BCUT2D eigenvalue weighted by atomic mass is 9.88. The summed E-state index contributed by atoms with van der Waals surface area (Å²) in [4.78, 5) is 15.5. The summed E-state index contributed by atoms with van der Waals surface area (Å²) in [5, 5.41) is 3.95. The molecule has 3 rings (SSSR count). The van der Waals surface area contributed by atoms with Crippen LogP contribution in [0.25, 0.3) is 0 Å². The molecule has 0 aromatic heterocycles. The number of nitrogens with zero attached hydrogens (tertiary/aromatic N) is 1. The third-order valence-electron chi connectivity index (χ3n) is 5.02. The summed E-state index contributed by atoms with van der Waals surface area (Å²) >= 11 is 5.60. The van der Waals surface area contributed by atoms with Crippen LogP contribution in [0.15, 0.2) is 59.8 Å². The molecule has 1 heterocycles. The molecule has 1 atom stereocenters. The molecule has 1 N–H and O–H groups in total. The number of nitrogens with one attached hydrogen (secondary N) is 1. The van der Waals surface area contributed by atoms with Crippen LogP contribution in [0.3, 0.4) is 0 Å². The molecule has 0 radical (unpaired) electrons. The van der Waals surface area contributed by atoms with Crippen molar-refractivity contribution >= 4 is 23.1 Å². The maximum Gasteiger partial charge on any atom is 0.193 e. The van der Waals surface area contributed by atoms with Crippen LogP contribution in [0, 0.1) is 0 Å². The highest BCUT2D eigenvalue weighted by Gasteiger charge is 2.35. The van der Waals surface area contributed by atoms with Crippen molar-refractivity contribution in [3.05, 3.63) is 70.9 Å². The SMILES string of the molecule is CCOc1c(OC)cccc1C1NC(=S)N(CC)C(C)=C1C(=O)c1ccccc1. The van der Waals surface area contributed by atoms with E-state index in [-0.39, 0.29) is 5.78 Å². The van der Waals surface area contributed by atoms with Crippen LogP contribution in [-0.4, -0.2) is 36.1 Å². The summed E-state index contributed by atoms with van der Waals surface area (Å²) < 4.78 is 11.4. The maximum absolute atomic E-state index is 13.5. The molecule has 5 nitrogen and oxygen atoms in total. The second-order valence-corrected chi connectivity index (χ2v) is 7.02. The van der Waals surface area contributed by atoms with Gasteiger partial charge in [0.25, 0.3) is 0 Å². The zero-order valence-corrected chi connectivity index (χ0v) is 18.0. The second-order valence-electron chi connectivity index (χ2n) is 6.63. The Hall–Kier alpha value is -2.86. The van der Waals surface area contributed by atoms with Gasteiger partial charge in [-0.3, -0.25) is 4.79 Å². The molecule has 0 saturated heterocycles. The minimum Gasteiger partial charge on any atom is -0.493 e. The average molecular weight is 411 g/mol. The van der Waals surface area contributed by atoms with Crippen LogP contribution in [0.1, 0.15) is 42.7 Å². The summed E-state index contributed by atoms with van der Waals surface area (Å²) in [6, 6.07) is 14.6. The number of carbonyl (C=O) groups excluding carboxylic acids is 1. The highest BCUT2D eigenvalue weighted by atomic mass is 32.1. The molecule has 1 aliphatic rings. The van der Waals surface area contributed by atoms with Gasteiger partial charge in [0.05, 0.1) is 19.8 Å². The Morgan fingerprint density at radius 3 is 2.48 bits per heavy atom. The molecule has 2 aromatic rings. The number of rotatable bonds is 7. The Bertz CT molecular complexity index is 940. The number of carbonyl (C=O) groups is 1. The van der Waals surface area contributed by atoms with E-state index in [0.717, 1.165) is 11.3 Å². The molecule has 1 unspecified atom stereocenters. The number of allylic oxidation sites excluding steroid dienone is 1. The Morgan fingerprint density at radius 2 is 1.86 bits per heavy atom. The van der Waals surface area contributed by atoms with E-state index in [9.17, 15) is 4.79 Å². The first kappa shape index (κ1) is 20.9. The third kappa shape index (κ3) is 3.98. The van der Waals surface area contributed by atoms with Crippen LogP contribution < -0.4 is 14.8 Å². The van der Waals surface area contributed by atoms with E-state index in [1.165, 1.54) is 0 Å². The number of hydrogen-bond donors (Lipinski definition) is 1. The second kappa shape index (κ2) is 9.09. The smallest absolute Gasteiger partial charge is 0.193 e. The fraction of sp³-hybridized carbons (Fsp3) is 0.304. The van der Waals surface area contributed by atoms with Crippen molar-refractivity contribution in [1.82, 2.24) is 10.2 Å². The average Bonchev–Trinajstić information content (AvgIpc) is 2.74. The first-order chi connectivity index (χ1) is 14.0. The van der Waals surface area contributed by atoms with Gasteiger partial charge >= 0.3 is 0 Å². The number of ketones is 1. The number of benzene rings is 2. The maximum atomic E-state index is 13.5. The van der Waals surface area contributed by atoms with Crippen LogP contribution in [-0.2, 0) is 0 Å². The highest BCUT2D eigenvalue weighted by Crippen LogP contribution is 2.41. The Balaban J connectivity index is 2.20. The van der Waals surface area contributed by atoms with Crippen LogP contribution >= 0.6 is 12.2 Å². The van der Waals surface area contributed by atoms with E-state index < -0.39 is 6.04 Å². The topological polar surface area (TPSA) is 50.8 Å². The number of methoxy groups -OCH3 is 1. The molecule has 0 spiro atoms. The van der Waals surface area contributed by atoms with E-state index in [0.29, 0.717) is 40.9 Å². The number of thiocarbonyl (C=S) groups is 1. The Morgan fingerprint density at radius 1 is 1.14 bits per heavy atom. The van der Waals surface area contributed by atoms with Crippen molar-refractivity contribution in [2.45, 2.75) is 26.8 Å². The van der Waals surface area contributed by atoms with E-state index in [4.69, 9.17) is 21.7 Å². The predicted octanol–water partition coefficient (Wildman–Crippen LogP) is 4.50. The van der Waals surface area contributed by atoms with E-state index in [1.54, 1.807) is 7.11 Å². The summed E-state index contributed by atoms with van der Waals surface area (Å²) in [7, 11) is 1.61. The highest BCUT2D eigenvalue weighted by molar-refractivity contribution is 7.80. The van der Waals surface area contributed by atoms with Crippen molar-refractivity contribution in [2.24, 2.45) is 0 Å². The zero-order chi connectivity index (χ0) is 21.0. The molecule has 152 valence electrons. The fourth-order valence-corrected chi connectivity index (χ4v) is 4.04. The van der Waals surface area contributed by atoms with Crippen molar-refractivity contribution in [3.63, 3.8) is 0 Å². The number of ether oxygens (including phenoxy) is 2. The lowest BCUT2D eigenvalue weighted by molar-refractivity contribution is 0.102. The molecule has 0 fully saturated rings. The minimum absolute atomic E-state index is 0.0354. The largest absolute Gasteiger partial charge is 0.493 e. The van der Waals surface area contributed by atoms with Gasteiger partial charge < -0.3 is 19.7 Å².